The lowest BCUT2D eigenvalue weighted by Gasteiger charge is -2.00. The molecule has 0 aliphatic carbocycles. The van der Waals surface area contributed by atoms with Crippen LogP contribution in [0.2, 0.25) is 10.0 Å². The summed E-state index contributed by atoms with van der Waals surface area (Å²) in [7, 11) is 0. The number of anilines is 1. The quantitative estimate of drug-likeness (QED) is 0.458. The Morgan fingerprint density at radius 2 is 2.09 bits per heavy atom. The molecule has 2 heterocycles. The third-order valence-electron chi connectivity index (χ3n) is 2.95. The maximum Gasteiger partial charge on any atom is 0.203 e. The van der Waals surface area contributed by atoms with Crippen LogP contribution >= 0.6 is 45.9 Å². The molecule has 0 amide bonds. The van der Waals surface area contributed by atoms with Crippen LogP contribution in [0.4, 0.5) is 5.13 Å². The van der Waals surface area contributed by atoms with Crippen molar-refractivity contribution in [3.63, 3.8) is 0 Å². The first-order chi connectivity index (χ1) is 10.6. The monoisotopic (exact) mass is 367 g/mol. The molecule has 0 bridgehead atoms. The SMILES string of the molecule is Cc1ccsc1/C=N\Nc1nc(-c2ccc(Cl)cc2Cl)cs1. The first-order valence-electron chi connectivity index (χ1n) is 6.37. The number of nitrogens with zero attached hydrogens (tertiary/aromatic N) is 2. The smallest absolute Gasteiger partial charge is 0.203 e. The fraction of sp³-hybridized carbons (Fsp3) is 0.0667. The number of thiazole rings is 1. The van der Waals surface area contributed by atoms with Gasteiger partial charge in [0.1, 0.15) is 0 Å². The van der Waals surface area contributed by atoms with Gasteiger partial charge in [-0.15, -0.1) is 22.7 Å². The van der Waals surface area contributed by atoms with Crippen molar-refractivity contribution >= 4 is 57.2 Å². The number of rotatable bonds is 4. The van der Waals surface area contributed by atoms with Crippen LogP contribution in [0.3, 0.4) is 0 Å². The van der Waals surface area contributed by atoms with Crippen molar-refractivity contribution in [3.8, 4) is 11.3 Å². The molecule has 7 heteroatoms. The van der Waals surface area contributed by atoms with E-state index in [9.17, 15) is 0 Å². The Bertz CT molecular complexity index is 824. The highest BCUT2D eigenvalue weighted by Gasteiger charge is 2.08. The fourth-order valence-corrected chi connectivity index (χ4v) is 3.76. The van der Waals surface area contributed by atoms with Crippen LogP contribution in [0.1, 0.15) is 10.4 Å². The van der Waals surface area contributed by atoms with E-state index < -0.39 is 0 Å². The van der Waals surface area contributed by atoms with E-state index in [2.05, 4.69) is 28.5 Å². The molecular formula is C15H11Cl2N3S2. The van der Waals surface area contributed by atoms with Gasteiger partial charge < -0.3 is 0 Å². The summed E-state index contributed by atoms with van der Waals surface area (Å²) >= 11 is 15.2. The third-order valence-corrected chi connectivity index (χ3v) is 5.20. The Kier molecular flexibility index (Phi) is 4.78. The van der Waals surface area contributed by atoms with E-state index >= 15 is 0 Å². The molecule has 22 heavy (non-hydrogen) atoms. The van der Waals surface area contributed by atoms with Crippen molar-refractivity contribution in [2.45, 2.75) is 6.92 Å². The molecule has 0 fully saturated rings. The van der Waals surface area contributed by atoms with Gasteiger partial charge in [-0.05, 0) is 42.1 Å². The molecule has 0 unspecified atom stereocenters. The Morgan fingerprint density at radius 1 is 1.23 bits per heavy atom. The molecule has 3 rings (SSSR count). The number of thiophene rings is 1. The van der Waals surface area contributed by atoms with E-state index in [1.807, 2.05) is 16.8 Å². The number of benzene rings is 1. The number of aryl methyl sites for hydroxylation is 1. The summed E-state index contributed by atoms with van der Waals surface area (Å²) in [4.78, 5) is 5.61. The predicted octanol–water partition coefficient (Wildman–Crippen LogP) is 5.93. The molecule has 0 aliphatic heterocycles. The molecule has 2 aromatic heterocycles. The average molecular weight is 368 g/mol. The highest BCUT2D eigenvalue weighted by atomic mass is 35.5. The zero-order chi connectivity index (χ0) is 15.5. The van der Waals surface area contributed by atoms with Crippen LogP contribution < -0.4 is 5.43 Å². The molecule has 0 aliphatic rings. The first kappa shape index (κ1) is 15.5. The van der Waals surface area contributed by atoms with Crippen molar-refractivity contribution in [3.05, 3.63) is 55.5 Å². The van der Waals surface area contributed by atoms with Crippen molar-refractivity contribution in [1.29, 1.82) is 0 Å². The summed E-state index contributed by atoms with van der Waals surface area (Å²) in [6.45, 7) is 2.06. The molecule has 3 nitrogen and oxygen atoms in total. The van der Waals surface area contributed by atoms with E-state index in [4.69, 9.17) is 23.2 Å². The van der Waals surface area contributed by atoms with E-state index in [0.29, 0.717) is 15.2 Å². The number of hydrogen-bond donors (Lipinski definition) is 1. The molecule has 112 valence electrons. The van der Waals surface area contributed by atoms with Gasteiger partial charge in [0.2, 0.25) is 5.13 Å². The summed E-state index contributed by atoms with van der Waals surface area (Å²) in [5.41, 5.74) is 5.81. The van der Waals surface area contributed by atoms with Gasteiger partial charge in [0.15, 0.2) is 0 Å². The number of nitrogens with one attached hydrogen (secondary N) is 1. The van der Waals surface area contributed by atoms with Crippen LogP contribution in [0, 0.1) is 6.92 Å². The van der Waals surface area contributed by atoms with Gasteiger partial charge in [0, 0.05) is 20.8 Å². The standard InChI is InChI=1S/C15H11Cl2N3S2/c1-9-4-5-21-14(9)7-18-20-15-19-13(8-22-15)11-3-2-10(16)6-12(11)17/h2-8H,1H3,(H,19,20)/b18-7-. The van der Waals surface area contributed by atoms with E-state index in [1.165, 1.54) is 16.9 Å². The van der Waals surface area contributed by atoms with Crippen LogP contribution in [-0.2, 0) is 0 Å². The van der Waals surface area contributed by atoms with E-state index in [1.54, 1.807) is 29.7 Å². The van der Waals surface area contributed by atoms with Crippen LogP contribution in [0.5, 0.6) is 0 Å². The molecule has 0 atom stereocenters. The summed E-state index contributed by atoms with van der Waals surface area (Å²) in [5.74, 6) is 0. The van der Waals surface area contributed by atoms with Crippen molar-refractivity contribution in [2.75, 3.05) is 5.43 Å². The van der Waals surface area contributed by atoms with Gasteiger partial charge in [-0.1, -0.05) is 23.2 Å². The normalized spacial score (nSPS) is 11.2. The topological polar surface area (TPSA) is 37.3 Å². The Labute approximate surface area is 146 Å². The lowest BCUT2D eigenvalue weighted by Crippen LogP contribution is -1.89. The number of aromatic nitrogens is 1. The van der Waals surface area contributed by atoms with Gasteiger partial charge in [0.05, 0.1) is 16.9 Å². The van der Waals surface area contributed by atoms with Gasteiger partial charge in [-0.25, -0.2) is 4.98 Å². The van der Waals surface area contributed by atoms with Gasteiger partial charge in [0.25, 0.3) is 0 Å². The fourth-order valence-electron chi connectivity index (χ4n) is 1.81. The zero-order valence-electron chi connectivity index (χ0n) is 11.5. The van der Waals surface area contributed by atoms with E-state index in [0.717, 1.165) is 16.1 Å². The lowest BCUT2D eigenvalue weighted by atomic mass is 10.2. The van der Waals surface area contributed by atoms with E-state index in [-0.39, 0.29) is 0 Å². The van der Waals surface area contributed by atoms with Gasteiger partial charge in [-0.2, -0.15) is 5.10 Å². The maximum atomic E-state index is 6.19. The van der Waals surface area contributed by atoms with Crippen LogP contribution in [0.25, 0.3) is 11.3 Å². The highest BCUT2D eigenvalue weighted by molar-refractivity contribution is 7.14. The average Bonchev–Trinajstić information content (AvgIpc) is 3.09. The Balaban J connectivity index is 1.74. The van der Waals surface area contributed by atoms with Crippen LogP contribution in [-0.4, -0.2) is 11.2 Å². The number of halogens is 2. The molecular weight excluding hydrogens is 357 g/mol. The Morgan fingerprint density at radius 3 is 2.82 bits per heavy atom. The van der Waals surface area contributed by atoms with Crippen LogP contribution in [0.15, 0.2) is 40.1 Å². The molecule has 0 spiro atoms. The minimum absolute atomic E-state index is 0.585. The number of hydrazone groups is 1. The minimum atomic E-state index is 0.585. The summed E-state index contributed by atoms with van der Waals surface area (Å²) in [6, 6.07) is 7.44. The molecule has 0 radical (unpaired) electrons. The van der Waals surface area contributed by atoms with Gasteiger partial charge in [-0.3, -0.25) is 5.43 Å². The largest absolute Gasteiger partial charge is 0.253 e. The lowest BCUT2D eigenvalue weighted by molar-refractivity contribution is 1.29. The molecule has 1 N–H and O–H groups in total. The Hall–Kier alpha value is -1.40. The third kappa shape index (κ3) is 3.50. The molecule has 0 saturated heterocycles. The van der Waals surface area contributed by atoms with Crippen molar-refractivity contribution in [1.82, 2.24) is 4.98 Å². The zero-order valence-corrected chi connectivity index (χ0v) is 14.7. The predicted molar refractivity (Wildman–Crippen MR) is 97.8 cm³/mol. The van der Waals surface area contributed by atoms with Crippen molar-refractivity contribution in [2.24, 2.45) is 5.10 Å². The molecule has 1 aromatic carbocycles. The van der Waals surface area contributed by atoms with Gasteiger partial charge >= 0.3 is 0 Å². The summed E-state index contributed by atoms with van der Waals surface area (Å²) in [5, 5.41) is 10.1. The summed E-state index contributed by atoms with van der Waals surface area (Å²) in [6.07, 6.45) is 1.80. The van der Waals surface area contributed by atoms with Crippen molar-refractivity contribution < 1.29 is 0 Å². The molecule has 3 aromatic rings. The second-order valence-electron chi connectivity index (χ2n) is 4.50. The second kappa shape index (κ2) is 6.79. The maximum absolute atomic E-state index is 6.19. The second-order valence-corrected chi connectivity index (χ2v) is 7.15. The molecule has 0 saturated carbocycles. The highest BCUT2D eigenvalue weighted by Crippen LogP contribution is 2.32. The minimum Gasteiger partial charge on any atom is -0.253 e. The first-order valence-corrected chi connectivity index (χ1v) is 8.89. The summed E-state index contributed by atoms with van der Waals surface area (Å²) < 4.78 is 0. The number of hydrogen-bond acceptors (Lipinski definition) is 5.